The minimum Gasteiger partial charge on any atom is -0.314 e. The van der Waals surface area contributed by atoms with Gasteiger partial charge < -0.3 is 5.32 Å². The van der Waals surface area contributed by atoms with Crippen molar-refractivity contribution < 1.29 is 0 Å². The van der Waals surface area contributed by atoms with E-state index in [4.69, 9.17) is 0 Å². The van der Waals surface area contributed by atoms with Crippen molar-refractivity contribution in [3.63, 3.8) is 0 Å². The fourth-order valence-electron chi connectivity index (χ4n) is 2.67. The van der Waals surface area contributed by atoms with Crippen LogP contribution >= 0.6 is 11.3 Å². The molecule has 2 atom stereocenters. The molecule has 1 aromatic heterocycles. The van der Waals surface area contributed by atoms with E-state index in [-0.39, 0.29) is 0 Å². The minimum absolute atomic E-state index is 0.813. The van der Waals surface area contributed by atoms with E-state index in [1.165, 1.54) is 45.1 Å². The Kier molecular flexibility index (Phi) is 4.86. The molecule has 1 fully saturated rings. The van der Waals surface area contributed by atoms with Gasteiger partial charge in [0.2, 0.25) is 0 Å². The van der Waals surface area contributed by atoms with Gasteiger partial charge in [-0.25, -0.2) is 0 Å². The lowest BCUT2D eigenvalue weighted by Crippen LogP contribution is -2.27. The summed E-state index contributed by atoms with van der Waals surface area (Å²) in [6.45, 7) is 3.44. The Bertz CT molecular complexity index is 281. The monoisotopic (exact) mass is 237 g/mol. The van der Waals surface area contributed by atoms with Crippen molar-refractivity contribution in [3.05, 3.63) is 22.4 Å². The van der Waals surface area contributed by atoms with E-state index >= 15 is 0 Å². The van der Waals surface area contributed by atoms with E-state index in [9.17, 15) is 0 Å². The normalized spacial score (nSPS) is 25.1. The largest absolute Gasteiger partial charge is 0.314 e. The molecular formula is C14H23NS. The van der Waals surface area contributed by atoms with E-state index in [2.05, 4.69) is 29.8 Å². The van der Waals surface area contributed by atoms with E-state index < -0.39 is 0 Å². The van der Waals surface area contributed by atoms with Crippen molar-refractivity contribution in [3.8, 4) is 0 Å². The lowest BCUT2D eigenvalue weighted by molar-refractivity contribution is 0.465. The molecule has 0 radical (unpaired) electrons. The van der Waals surface area contributed by atoms with Crippen LogP contribution in [0.4, 0.5) is 0 Å². The van der Waals surface area contributed by atoms with E-state index in [0.29, 0.717) is 0 Å². The van der Waals surface area contributed by atoms with Crippen LogP contribution in [0, 0.1) is 5.92 Å². The average Bonchev–Trinajstić information content (AvgIpc) is 2.95. The fraction of sp³-hybridized carbons (Fsp3) is 0.714. The summed E-state index contributed by atoms with van der Waals surface area (Å²) in [7, 11) is 0. The maximum Gasteiger partial charge on any atom is 0.00698 e. The van der Waals surface area contributed by atoms with E-state index in [1.807, 2.05) is 11.3 Å². The third-order valence-electron chi connectivity index (χ3n) is 3.60. The summed E-state index contributed by atoms with van der Waals surface area (Å²) in [6, 6.07) is 5.25. The van der Waals surface area contributed by atoms with Gasteiger partial charge >= 0.3 is 0 Å². The highest BCUT2D eigenvalue weighted by Gasteiger charge is 2.23. The Labute approximate surface area is 103 Å². The number of thiophene rings is 1. The molecular weight excluding hydrogens is 214 g/mol. The fourth-order valence-corrected chi connectivity index (χ4v) is 3.40. The molecule has 0 aliphatic heterocycles. The third-order valence-corrected chi connectivity index (χ3v) is 4.54. The molecule has 90 valence electrons. The van der Waals surface area contributed by atoms with Crippen molar-refractivity contribution in [2.75, 3.05) is 6.54 Å². The Morgan fingerprint density at radius 2 is 2.38 bits per heavy atom. The topological polar surface area (TPSA) is 12.0 Å². The zero-order chi connectivity index (χ0) is 11.2. The van der Waals surface area contributed by atoms with Crippen molar-refractivity contribution >= 4 is 11.3 Å². The van der Waals surface area contributed by atoms with Gasteiger partial charge in [-0.15, -0.1) is 11.3 Å². The summed E-state index contributed by atoms with van der Waals surface area (Å²) in [5, 5.41) is 5.85. The minimum atomic E-state index is 0.813. The average molecular weight is 237 g/mol. The molecule has 0 amide bonds. The van der Waals surface area contributed by atoms with Crippen LogP contribution in [0.15, 0.2) is 17.5 Å². The number of nitrogens with one attached hydrogen (secondary N) is 1. The molecule has 1 nitrogen and oxygen atoms in total. The van der Waals surface area contributed by atoms with Crippen LogP contribution in [-0.4, -0.2) is 12.6 Å². The smallest absolute Gasteiger partial charge is 0.00698 e. The Hall–Kier alpha value is -0.340. The van der Waals surface area contributed by atoms with Crippen LogP contribution < -0.4 is 5.32 Å². The van der Waals surface area contributed by atoms with Crippen LogP contribution in [0.25, 0.3) is 0 Å². The summed E-state index contributed by atoms with van der Waals surface area (Å²) in [6.07, 6.45) is 8.19. The molecule has 0 spiro atoms. The summed E-state index contributed by atoms with van der Waals surface area (Å²) < 4.78 is 0. The van der Waals surface area contributed by atoms with Crippen LogP contribution in [0.3, 0.4) is 0 Å². The van der Waals surface area contributed by atoms with Gasteiger partial charge in [-0.2, -0.15) is 0 Å². The molecule has 1 aliphatic carbocycles. The molecule has 1 aromatic rings. The molecule has 1 aliphatic rings. The molecule has 1 saturated carbocycles. The van der Waals surface area contributed by atoms with Gasteiger partial charge in [0, 0.05) is 10.9 Å². The second-order valence-corrected chi connectivity index (χ2v) is 5.98. The lowest BCUT2D eigenvalue weighted by atomic mass is 10.0. The summed E-state index contributed by atoms with van der Waals surface area (Å²) in [5.74, 6) is 0.969. The van der Waals surface area contributed by atoms with Gasteiger partial charge in [-0.1, -0.05) is 13.0 Å². The van der Waals surface area contributed by atoms with Crippen LogP contribution in [0.5, 0.6) is 0 Å². The SMILES string of the molecule is CCCNC1CCC(CCc2cccs2)C1. The Balaban J connectivity index is 1.65. The highest BCUT2D eigenvalue weighted by molar-refractivity contribution is 7.09. The standard InChI is InChI=1S/C14H23NS/c1-2-9-15-13-7-5-12(11-13)6-8-14-4-3-10-16-14/h3-4,10,12-13,15H,2,5-9,11H2,1H3. The Morgan fingerprint density at radius 1 is 1.44 bits per heavy atom. The molecule has 2 rings (SSSR count). The molecule has 2 heteroatoms. The van der Waals surface area contributed by atoms with Crippen molar-refractivity contribution in [2.45, 2.75) is 51.5 Å². The first kappa shape index (κ1) is 12.1. The molecule has 1 heterocycles. The first-order valence-electron chi connectivity index (χ1n) is 6.64. The van der Waals surface area contributed by atoms with E-state index in [0.717, 1.165) is 12.0 Å². The number of rotatable bonds is 6. The second-order valence-electron chi connectivity index (χ2n) is 4.95. The van der Waals surface area contributed by atoms with Gasteiger partial charge in [-0.3, -0.25) is 0 Å². The lowest BCUT2D eigenvalue weighted by Gasteiger charge is -2.12. The van der Waals surface area contributed by atoms with Crippen molar-refractivity contribution in [2.24, 2.45) is 5.92 Å². The molecule has 16 heavy (non-hydrogen) atoms. The van der Waals surface area contributed by atoms with Crippen LogP contribution in [0.2, 0.25) is 0 Å². The summed E-state index contributed by atoms with van der Waals surface area (Å²) in [5.41, 5.74) is 0. The first-order chi connectivity index (χ1) is 7.88. The van der Waals surface area contributed by atoms with E-state index in [1.54, 1.807) is 4.88 Å². The summed E-state index contributed by atoms with van der Waals surface area (Å²) in [4.78, 5) is 1.56. The first-order valence-corrected chi connectivity index (χ1v) is 7.52. The van der Waals surface area contributed by atoms with Gasteiger partial charge in [0.05, 0.1) is 0 Å². The second kappa shape index (κ2) is 6.41. The van der Waals surface area contributed by atoms with Crippen molar-refractivity contribution in [1.29, 1.82) is 0 Å². The predicted octanol–water partition coefficient (Wildman–Crippen LogP) is 3.85. The maximum absolute atomic E-state index is 3.66. The Morgan fingerprint density at radius 3 is 3.12 bits per heavy atom. The molecule has 0 bridgehead atoms. The van der Waals surface area contributed by atoms with Gasteiger partial charge in [-0.05, 0) is 62.4 Å². The van der Waals surface area contributed by atoms with Crippen LogP contribution in [-0.2, 0) is 6.42 Å². The highest BCUT2D eigenvalue weighted by Crippen LogP contribution is 2.29. The number of hydrogen-bond acceptors (Lipinski definition) is 2. The predicted molar refractivity (Wildman–Crippen MR) is 72.1 cm³/mol. The zero-order valence-electron chi connectivity index (χ0n) is 10.2. The zero-order valence-corrected chi connectivity index (χ0v) is 11.1. The number of hydrogen-bond donors (Lipinski definition) is 1. The molecule has 1 N–H and O–H groups in total. The molecule has 0 saturated heterocycles. The molecule has 0 aromatic carbocycles. The third kappa shape index (κ3) is 3.60. The van der Waals surface area contributed by atoms with Gasteiger partial charge in [0.1, 0.15) is 0 Å². The maximum atomic E-state index is 3.66. The number of aryl methyl sites for hydroxylation is 1. The van der Waals surface area contributed by atoms with Gasteiger partial charge in [0.15, 0.2) is 0 Å². The van der Waals surface area contributed by atoms with Crippen molar-refractivity contribution in [1.82, 2.24) is 5.32 Å². The summed E-state index contributed by atoms with van der Waals surface area (Å²) >= 11 is 1.91. The van der Waals surface area contributed by atoms with Crippen LogP contribution in [0.1, 0.15) is 43.9 Å². The quantitative estimate of drug-likeness (QED) is 0.792. The highest BCUT2D eigenvalue weighted by atomic mass is 32.1. The van der Waals surface area contributed by atoms with Gasteiger partial charge in [0.25, 0.3) is 0 Å². The molecule has 2 unspecified atom stereocenters.